The van der Waals surface area contributed by atoms with E-state index in [-0.39, 0.29) is 24.0 Å². The largest absolute Gasteiger partial charge is 0.459 e. The minimum atomic E-state index is -1.64. The maximum absolute atomic E-state index is 13.1. The van der Waals surface area contributed by atoms with Crippen molar-refractivity contribution in [3.05, 3.63) is 0 Å². The van der Waals surface area contributed by atoms with Gasteiger partial charge in [-0.15, -0.1) is 11.8 Å². The molecule has 55 heavy (non-hydrogen) atoms. The molecule has 0 spiro atoms. The monoisotopic (exact) mass is 788 g/mol. The van der Waals surface area contributed by atoms with Crippen LogP contribution in [-0.2, 0) is 28.5 Å². The molecule has 2 fully saturated rings. The molecule has 2 heterocycles. The zero-order valence-corrected chi connectivity index (χ0v) is 39.0. The van der Waals surface area contributed by atoms with Gasteiger partial charge in [0, 0.05) is 52.5 Å². The van der Waals surface area contributed by atoms with Gasteiger partial charge >= 0.3 is 5.97 Å². The SMILES string of the molecule is CC.CC#CC.CCCCC.CCCN=C1C(C)C(O)[C@](C)(O)[C@@H](CC)OC(=O)C(C)[C@@H](OC)[C@H](C)C[C@](C)(OC)C[C@H]1C.CO[C@]1(C)CCOC(C)[C@@H]1O. The van der Waals surface area contributed by atoms with E-state index < -0.39 is 52.9 Å². The Morgan fingerprint density at radius 3 is 1.76 bits per heavy atom. The van der Waals surface area contributed by atoms with Crippen LogP contribution in [0.2, 0.25) is 0 Å². The topological polar surface area (TPSA) is 136 Å². The summed E-state index contributed by atoms with van der Waals surface area (Å²) >= 11 is 0. The fraction of sp³-hybridized carbons (Fsp3) is 0.911. The first kappa shape index (κ1) is 57.7. The first-order chi connectivity index (χ1) is 25.7. The summed E-state index contributed by atoms with van der Waals surface area (Å²) in [5, 5.41) is 32.4. The molecule has 0 aromatic rings. The molecule has 0 amide bonds. The standard InChI is InChI=1S/C26H49NO6.C8H16O3.C5H12.C4H6.C2H6/c1-11-13-27-21-16(3)14-25(7,32-10)15-17(4)22(31-9)19(6)24(29)33-20(12-2)26(8,30)23(28)18(21)5;1-6-7(9)8(2,10-3)4-5-11-6;1-3-5-4-2;1-3-4-2;1-2/h16-20,22-23,28,30H,11-15H2,1-10H3;6-7,9H,4-5H2,1-3H3;3-5H2,1-2H3;1-2H3;1-2H3/t16-,17-,18?,19?,20-,22+,23?,25-,26-;6?,7-,8+;;;/m10.../s1. The van der Waals surface area contributed by atoms with Crippen LogP contribution >= 0.6 is 0 Å². The molecule has 328 valence electrons. The van der Waals surface area contributed by atoms with Gasteiger partial charge < -0.3 is 39.0 Å². The highest BCUT2D eigenvalue weighted by Crippen LogP contribution is 2.36. The number of methoxy groups -OCH3 is 3. The normalized spacial score (nSPS) is 36.2. The number of carbonyl (C=O) groups excluding carboxylic acids is 1. The van der Waals surface area contributed by atoms with Crippen LogP contribution in [-0.4, -0.2) is 109 Å². The molecule has 2 aliphatic heterocycles. The maximum atomic E-state index is 13.1. The minimum absolute atomic E-state index is 0.0253. The minimum Gasteiger partial charge on any atom is -0.459 e. The number of ether oxygens (including phenoxy) is 5. The number of aliphatic hydroxyl groups is 3. The van der Waals surface area contributed by atoms with Crippen LogP contribution in [0.3, 0.4) is 0 Å². The molecule has 0 aromatic carbocycles. The van der Waals surface area contributed by atoms with Gasteiger partial charge in [-0.1, -0.05) is 81.6 Å². The van der Waals surface area contributed by atoms with Gasteiger partial charge in [0.05, 0.1) is 35.4 Å². The molecule has 2 rings (SSSR count). The van der Waals surface area contributed by atoms with Crippen molar-refractivity contribution < 1.29 is 43.8 Å². The van der Waals surface area contributed by atoms with Gasteiger partial charge in [-0.05, 0) is 86.0 Å². The van der Waals surface area contributed by atoms with Crippen LogP contribution in [0.25, 0.3) is 0 Å². The number of aliphatic imine (C=N–C) groups is 1. The summed E-state index contributed by atoms with van der Waals surface area (Å²) in [6.07, 6.45) is 4.48. The van der Waals surface area contributed by atoms with Gasteiger partial charge in [0.25, 0.3) is 0 Å². The van der Waals surface area contributed by atoms with Crippen LogP contribution in [0.15, 0.2) is 4.99 Å². The molecular formula is C45H89NO9. The van der Waals surface area contributed by atoms with Crippen molar-refractivity contribution in [2.75, 3.05) is 34.5 Å². The summed E-state index contributed by atoms with van der Waals surface area (Å²) in [5.41, 5.74) is -1.68. The first-order valence-corrected chi connectivity index (χ1v) is 21.1. The third kappa shape index (κ3) is 19.6. The summed E-state index contributed by atoms with van der Waals surface area (Å²) in [5.74, 6) is 4.02. The van der Waals surface area contributed by atoms with Gasteiger partial charge in [0.15, 0.2) is 0 Å². The smallest absolute Gasteiger partial charge is 0.311 e. The van der Waals surface area contributed by atoms with E-state index in [0.29, 0.717) is 32.4 Å². The zero-order valence-electron chi connectivity index (χ0n) is 39.0. The van der Waals surface area contributed by atoms with Crippen molar-refractivity contribution in [1.29, 1.82) is 0 Å². The number of hydrogen-bond donors (Lipinski definition) is 3. The first-order valence-electron chi connectivity index (χ1n) is 21.1. The van der Waals surface area contributed by atoms with Crippen molar-refractivity contribution in [2.24, 2.45) is 28.7 Å². The molecule has 4 unspecified atom stereocenters. The van der Waals surface area contributed by atoms with Crippen LogP contribution < -0.4 is 0 Å². The van der Waals surface area contributed by atoms with Gasteiger partial charge in [0.2, 0.25) is 0 Å². The quantitative estimate of drug-likeness (QED) is 0.163. The van der Waals surface area contributed by atoms with E-state index in [0.717, 1.165) is 18.6 Å². The second kappa shape index (κ2) is 30.5. The molecule has 0 aromatic heterocycles. The van der Waals surface area contributed by atoms with E-state index in [1.54, 1.807) is 35.2 Å². The molecular weight excluding hydrogens is 698 g/mol. The van der Waals surface area contributed by atoms with Gasteiger partial charge in [-0.2, -0.15) is 0 Å². The predicted molar refractivity (Wildman–Crippen MR) is 229 cm³/mol. The van der Waals surface area contributed by atoms with Crippen molar-refractivity contribution in [3.8, 4) is 11.8 Å². The summed E-state index contributed by atoms with van der Waals surface area (Å²) < 4.78 is 28.0. The molecule has 12 atom stereocenters. The lowest BCUT2D eigenvalue weighted by Gasteiger charge is -2.42. The molecule has 0 bridgehead atoms. The van der Waals surface area contributed by atoms with Gasteiger partial charge in [-0.25, -0.2) is 0 Å². The second-order valence-corrected chi connectivity index (χ2v) is 15.7. The zero-order chi connectivity index (χ0) is 43.6. The number of esters is 1. The second-order valence-electron chi connectivity index (χ2n) is 15.7. The number of carbonyl (C=O) groups is 1. The lowest BCUT2D eigenvalue weighted by atomic mass is 9.74. The molecule has 2 aliphatic rings. The Kier molecular flexibility index (Phi) is 32.0. The van der Waals surface area contributed by atoms with E-state index >= 15 is 0 Å². The Hall–Kier alpha value is -1.58. The molecule has 10 heteroatoms. The molecule has 3 N–H and O–H groups in total. The van der Waals surface area contributed by atoms with Crippen molar-refractivity contribution in [3.63, 3.8) is 0 Å². The van der Waals surface area contributed by atoms with Crippen LogP contribution in [0.4, 0.5) is 0 Å². The van der Waals surface area contributed by atoms with E-state index in [9.17, 15) is 20.1 Å². The fourth-order valence-electron chi connectivity index (χ4n) is 7.33. The van der Waals surface area contributed by atoms with Gasteiger partial charge in [0.1, 0.15) is 17.8 Å². The van der Waals surface area contributed by atoms with Gasteiger partial charge in [-0.3, -0.25) is 9.79 Å². The Morgan fingerprint density at radius 2 is 1.38 bits per heavy atom. The number of rotatable bonds is 8. The van der Waals surface area contributed by atoms with Crippen molar-refractivity contribution in [1.82, 2.24) is 0 Å². The molecule has 2 saturated heterocycles. The number of hydrogen-bond acceptors (Lipinski definition) is 10. The molecule has 10 nitrogen and oxygen atoms in total. The number of aliphatic hydroxyl groups excluding tert-OH is 2. The van der Waals surface area contributed by atoms with E-state index in [1.165, 1.54) is 19.3 Å². The fourth-order valence-corrected chi connectivity index (χ4v) is 7.33. The van der Waals surface area contributed by atoms with Crippen molar-refractivity contribution >= 4 is 11.7 Å². The molecule has 0 radical (unpaired) electrons. The summed E-state index contributed by atoms with van der Waals surface area (Å²) in [4.78, 5) is 17.9. The van der Waals surface area contributed by atoms with Crippen LogP contribution in [0.1, 0.15) is 162 Å². The van der Waals surface area contributed by atoms with Crippen LogP contribution in [0, 0.1) is 35.5 Å². The predicted octanol–water partition coefficient (Wildman–Crippen LogP) is 8.84. The Balaban J connectivity index is -0.000000992. The third-order valence-electron chi connectivity index (χ3n) is 11.0. The number of nitrogens with zero attached hydrogens (tertiary/aromatic N) is 1. The summed E-state index contributed by atoms with van der Waals surface area (Å²) in [7, 11) is 4.94. The van der Waals surface area contributed by atoms with Crippen LogP contribution in [0.5, 0.6) is 0 Å². The molecule has 0 saturated carbocycles. The highest BCUT2D eigenvalue weighted by molar-refractivity contribution is 5.89. The van der Waals surface area contributed by atoms with E-state index in [4.69, 9.17) is 28.7 Å². The average molecular weight is 788 g/mol. The lowest BCUT2D eigenvalue weighted by Crippen LogP contribution is -2.56. The van der Waals surface area contributed by atoms with E-state index in [2.05, 4.69) is 53.4 Å². The average Bonchev–Trinajstić information content (AvgIpc) is 3.16. The summed E-state index contributed by atoms with van der Waals surface area (Å²) in [6, 6.07) is 0. The Labute approximate surface area is 339 Å². The number of cyclic esters (lactones) is 1. The highest BCUT2D eigenvalue weighted by atomic mass is 16.6. The lowest BCUT2D eigenvalue weighted by molar-refractivity contribution is -0.190. The number of unbranched alkanes of at least 4 members (excludes halogenated alkanes) is 2. The summed E-state index contributed by atoms with van der Waals surface area (Å²) in [6.45, 7) is 32.5. The van der Waals surface area contributed by atoms with Crippen molar-refractivity contribution in [2.45, 2.75) is 209 Å². The molecule has 0 aliphatic carbocycles. The Morgan fingerprint density at radius 1 is 0.836 bits per heavy atom. The highest BCUT2D eigenvalue weighted by Gasteiger charge is 2.47. The Bertz CT molecular complexity index is 1060. The maximum Gasteiger partial charge on any atom is 0.311 e. The third-order valence-corrected chi connectivity index (χ3v) is 11.0. The van der Waals surface area contributed by atoms with E-state index in [1.807, 2.05) is 55.4 Å².